The molecule has 14 nitrogen and oxygen atoms in total. The Labute approximate surface area is 254 Å². The Morgan fingerprint density at radius 2 is 1.97 bits per heavy atom. The van der Waals surface area contributed by atoms with E-state index in [1.807, 2.05) is 22.8 Å². The summed E-state index contributed by atoms with van der Waals surface area (Å²) < 4.78 is 2.10. The van der Waals surface area contributed by atoms with Gasteiger partial charge in [0.05, 0.1) is 0 Å². The van der Waals surface area contributed by atoms with Crippen LogP contribution in [0.15, 0.2) is 52.0 Å². The van der Waals surface area contributed by atoms with Gasteiger partial charge in [0, 0.05) is 41.7 Å². The molecule has 17 heteroatoms. The number of hydrogen-bond donors (Lipinski definition) is 4. The molecule has 0 aromatic carbocycles. The van der Waals surface area contributed by atoms with Crippen molar-refractivity contribution in [3.63, 3.8) is 0 Å². The van der Waals surface area contributed by atoms with Crippen LogP contribution in [-0.2, 0) is 30.6 Å². The summed E-state index contributed by atoms with van der Waals surface area (Å²) in [5, 5.41) is 24.8. The quantitative estimate of drug-likeness (QED) is 0.0816. The monoisotopic (exact) mass is 635 g/mol. The van der Waals surface area contributed by atoms with Crippen LogP contribution in [0.25, 0.3) is 0 Å². The van der Waals surface area contributed by atoms with Gasteiger partial charge in [-0.3, -0.25) is 0 Å². The summed E-state index contributed by atoms with van der Waals surface area (Å²) in [6.45, 7) is 2.82. The average molecular weight is 634 g/mol. The van der Waals surface area contributed by atoms with Crippen LogP contribution in [0.1, 0.15) is 19.5 Å². The van der Waals surface area contributed by atoms with Gasteiger partial charge in [-0.05, 0) is 0 Å². The van der Waals surface area contributed by atoms with Gasteiger partial charge in [0.2, 0.25) is 0 Å². The van der Waals surface area contributed by atoms with E-state index in [0.717, 1.165) is 0 Å². The smallest absolute Gasteiger partial charge is 0 e. The Hall–Kier alpha value is -2.72. The zero-order valence-corrected chi connectivity index (χ0v) is 25.6. The first-order chi connectivity index (χ1) is 17.5. The van der Waals surface area contributed by atoms with Crippen molar-refractivity contribution in [3.8, 4) is 0 Å². The van der Waals surface area contributed by atoms with Gasteiger partial charge in [-0.25, -0.2) is 0 Å². The molecule has 1 saturated heterocycles. The number of nitrogens with two attached hydrogens (primary N) is 1. The number of rotatable bonds is 9. The number of carboxylic acid groups (broad SMARTS) is 2. The molecule has 2 aromatic rings. The van der Waals surface area contributed by atoms with Crippen LogP contribution in [-0.4, -0.2) is 122 Å². The van der Waals surface area contributed by atoms with Crippen molar-refractivity contribution in [2.75, 3.05) is 11.5 Å². The van der Waals surface area contributed by atoms with Crippen LogP contribution in [0.2, 0.25) is 0 Å². The van der Waals surface area contributed by atoms with Gasteiger partial charge < -0.3 is 5.48 Å². The molecular weight excluding hydrogens is 610 g/mol. The van der Waals surface area contributed by atoms with E-state index in [1.54, 1.807) is 17.3 Å². The van der Waals surface area contributed by atoms with Crippen molar-refractivity contribution in [2.24, 2.45) is 5.16 Å². The standard InChI is InChI=1S/C22H22N6O7SSe.Na.H2O/c1-22(2,20(33)34)35-26-13(12-10-37-21(23)24-12)16(29)25-14-17(30)28-15(19(31)32)11(9-36-18(14)28)8-27-6-4-3-5-7-27;;/h3-7,10,14,18H,8-9H2,1-2H3,(H4-,23,24,25,29,31,32,33,34);;1H2/b26-13-;;/t14-,18-;;/m1../s1. The molecule has 1 fully saturated rings. The maximum Gasteiger partial charge on any atom is 0 e. The third-order valence-corrected chi connectivity index (χ3v) is 8.30. The minimum atomic E-state index is -1.73. The number of aromatic nitrogens is 2. The van der Waals surface area contributed by atoms with Gasteiger partial charge in [0.15, 0.2) is 12.4 Å². The van der Waals surface area contributed by atoms with Gasteiger partial charge in [-0.1, -0.05) is 6.07 Å². The number of fused-ring (bicyclic) bond motifs is 1. The number of carboxylic acids is 2. The van der Waals surface area contributed by atoms with Crippen LogP contribution in [0.3, 0.4) is 0 Å². The van der Waals surface area contributed by atoms with Crippen LogP contribution in [0.5, 0.6) is 0 Å². The maximum atomic E-state index is 13.1. The number of pyridine rings is 1. The Bertz CT molecular complexity index is 1330. The number of anilines is 1. The number of amides is 2. The number of β-lactam (4-membered cyclic amide) rings is 1. The summed E-state index contributed by atoms with van der Waals surface area (Å²) in [7, 11) is 0. The number of nitrogen functional groups attached to an aromatic ring is 1. The Kier molecular flexibility index (Phi) is 10.9. The van der Waals surface area contributed by atoms with Crippen molar-refractivity contribution in [1.82, 2.24) is 15.2 Å². The minimum absolute atomic E-state index is 0. The zero-order chi connectivity index (χ0) is 26.9. The van der Waals surface area contributed by atoms with E-state index in [2.05, 4.69) is 15.5 Å². The summed E-state index contributed by atoms with van der Waals surface area (Å²) in [5.74, 6) is -3.60. The van der Waals surface area contributed by atoms with Crippen molar-refractivity contribution in [1.29, 1.82) is 0 Å². The summed E-state index contributed by atoms with van der Waals surface area (Å²) in [5.41, 5.74) is 4.23. The molecule has 2 aliphatic rings. The summed E-state index contributed by atoms with van der Waals surface area (Å²) >= 11 is 1.01. The van der Waals surface area contributed by atoms with Gasteiger partial charge in [0.1, 0.15) is 0 Å². The molecule has 0 spiro atoms. The van der Waals surface area contributed by atoms with Crippen molar-refractivity contribution < 1.29 is 44.3 Å². The molecule has 0 aliphatic carbocycles. The van der Waals surface area contributed by atoms with Gasteiger partial charge >= 0.3 is 190 Å². The van der Waals surface area contributed by atoms with Crippen LogP contribution in [0.4, 0.5) is 4.69 Å². The SMILES string of the molecule is CC(C)(O/N=C(\C(=O)N[C@@H]1C(=O)N2C(C(=O)O)=C(C[n+]3ccccc3)CS[C@H]12)c1c[se]c(N)n1)C(=O)O.[Na].[OH-]. The van der Waals surface area contributed by atoms with Crippen LogP contribution < -0.4 is 15.6 Å². The molecule has 0 unspecified atom stereocenters. The number of carbonyl (C=O) groups excluding carboxylic acids is 2. The van der Waals surface area contributed by atoms with Gasteiger partial charge in [-0.15, -0.1) is 0 Å². The third kappa shape index (κ3) is 6.89. The molecule has 1 radical (unpaired) electrons. The second-order valence-electron chi connectivity index (χ2n) is 8.58. The summed E-state index contributed by atoms with van der Waals surface area (Å²) in [6, 6.07) is 4.46. The molecule has 4 heterocycles. The first kappa shape index (κ1) is 32.5. The molecule has 2 aromatic heterocycles. The Balaban J connectivity index is 0.00000267. The molecule has 39 heavy (non-hydrogen) atoms. The molecule has 203 valence electrons. The fourth-order valence-electron chi connectivity index (χ4n) is 3.57. The molecular formula is C22H24N6NaO8SSe. The fraction of sp³-hybridized carbons (Fsp3) is 0.318. The van der Waals surface area contributed by atoms with E-state index < -0.39 is 40.8 Å². The van der Waals surface area contributed by atoms with Crippen molar-refractivity contribution >= 4 is 90.0 Å². The zero-order valence-electron chi connectivity index (χ0n) is 21.1. The van der Waals surface area contributed by atoms with E-state index in [-0.39, 0.29) is 71.3 Å². The fourth-order valence-corrected chi connectivity index (χ4v) is 6.06. The summed E-state index contributed by atoms with van der Waals surface area (Å²) in [6.07, 6.45) is 3.60. The number of hydrogen-bond acceptors (Lipinski definition) is 10. The van der Waals surface area contributed by atoms with Crippen molar-refractivity contribution in [3.05, 3.63) is 52.5 Å². The topological polar surface area (TPSA) is 218 Å². The van der Waals surface area contributed by atoms with E-state index in [1.165, 1.54) is 30.5 Å². The molecule has 0 saturated carbocycles. The van der Waals surface area contributed by atoms with E-state index >= 15 is 0 Å². The maximum absolute atomic E-state index is 13.1. The number of carbonyl (C=O) groups is 4. The first-order valence-corrected chi connectivity index (χ1v) is 13.7. The minimum Gasteiger partial charge on any atom is -0.870 e. The van der Waals surface area contributed by atoms with Crippen LogP contribution in [0, 0.1) is 0 Å². The number of oxime groups is 1. The average Bonchev–Trinajstić information content (AvgIpc) is 3.28. The number of aliphatic carboxylic acids is 2. The predicted molar refractivity (Wildman–Crippen MR) is 139 cm³/mol. The van der Waals surface area contributed by atoms with Gasteiger partial charge in [0.25, 0.3) is 0 Å². The Morgan fingerprint density at radius 1 is 1.31 bits per heavy atom. The number of nitrogens with zero attached hydrogens (tertiary/aromatic N) is 4. The number of thioether (sulfide) groups is 1. The van der Waals surface area contributed by atoms with E-state index in [9.17, 15) is 29.4 Å². The first-order valence-electron chi connectivity index (χ1n) is 10.9. The van der Waals surface area contributed by atoms with E-state index in [4.69, 9.17) is 10.6 Å². The van der Waals surface area contributed by atoms with Crippen molar-refractivity contribution in [2.45, 2.75) is 37.4 Å². The van der Waals surface area contributed by atoms with Crippen LogP contribution >= 0.6 is 11.8 Å². The summed E-state index contributed by atoms with van der Waals surface area (Å²) in [4.78, 5) is 61.6. The predicted octanol–water partition coefficient (Wildman–Crippen LogP) is -1.53. The molecule has 2 aliphatic heterocycles. The normalized spacial score (nSPS) is 18.7. The molecule has 4 rings (SSSR count). The van der Waals surface area contributed by atoms with Gasteiger partial charge in [-0.2, -0.15) is 0 Å². The Morgan fingerprint density at radius 3 is 2.54 bits per heavy atom. The third-order valence-electron chi connectivity index (χ3n) is 5.55. The second kappa shape index (κ2) is 13.1. The largest absolute Gasteiger partial charge is 0.870 e. The molecule has 0 bridgehead atoms. The molecule has 6 N–H and O–H groups in total. The molecule has 2 atom stereocenters. The number of nitrogens with one attached hydrogen (secondary N) is 1. The molecule has 2 amide bonds. The van der Waals surface area contributed by atoms with E-state index in [0.29, 0.717) is 17.9 Å². The second-order valence-corrected chi connectivity index (χ2v) is 11.6.